The van der Waals surface area contributed by atoms with Crippen molar-refractivity contribution in [3.8, 4) is 10.6 Å². The van der Waals surface area contributed by atoms with E-state index in [9.17, 15) is 4.79 Å². The summed E-state index contributed by atoms with van der Waals surface area (Å²) in [5.74, 6) is 0.193. The van der Waals surface area contributed by atoms with Gasteiger partial charge < -0.3 is 5.32 Å². The molecule has 142 valence electrons. The van der Waals surface area contributed by atoms with Gasteiger partial charge in [-0.05, 0) is 43.3 Å². The second kappa shape index (κ2) is 7.98. The Morgan fingerprint density at radius 2 is 1.89 bits per heavy atom. The van der Waals surface area contributed by atoms with Crippen molar-refractivity contribution in [3.63, 3.8) is 0 Å². The van der Waals surface area contributed by atoms with E-state index in [1.807, 2.05) is 56.5 Å². The van der Waals surface area contributed by atoms with Crippen molar-refractivity contribution in [1.29, 1.82) is 0 Å². The summed E-state index contributed by atoms with van der Waals surface area (Å²) >= 11 is 4.61. The topological polar surface area (TPSA) is 67.8 Å². The summed E-state index contributed by atoms with van der Waals surface area (Å²) in [6, 6.07) is 10.0. The van der Waals surface area contributed by atoms with Crippen LogP contribution >= 0.6 is 34.4 Å². The summed E-state index contributed by atoms with van der Waals surface area (Å²) in [6.07, 6.45) is 0. The van der Waals surface area contributed by atoms with Gasteiger partial charge in [0.2, 0.25) is 5.91 Å². The molecule has 0 aliphatic carbocycles. The summed E-state index contributed by atoms with van der Waals surface area (Å²) in [4.78, 5) is 18.2. The molecule has 4 aromatic rings. The third-order valence-corrected chi connectivity index (χ3v) is 7.04. The number of aryl methyl sites for hydroxylation is 3. The number of hydrogen-bond donors (Lipinski definition) is 1. The monoisotopic (exact) mass is 426 g/mol. The van der Waals surface area contributed by atoms with Gasteiger partial charge in [-0.15, -0.1) is 32.9 Å². The van der Waals surface area contributed by atoms with Crippen molar-refractivity contribution in [2.24, 2.45) is 0 Å². The molecule has 0 saturated carbocycles. The van der Waals surface area contributed by atoms with Crippen LogP contribution in [0.1, 0.15) is 16.1 Å². The van der Waals surface area contributed by atoms with E-state index in [1.165, 1.54) is 11.8 Å². The van der Waals surface area contributed by atoms with E-state index in [1.54, 1.807) is 22.7 Å². The third kappa shape index (κ3) is 3.80. The number of thiophene rings is 1. The maximum absolute atomic E-state index is 12.5. The Balaban J connectivity index is 1.56. The molecule has 0 radical (unpaired) electrons. The van der Waals surface area contributed by atoms with Crippen LogP contribution in [-0.2, 0) is 4.79 Å². The summed E-state index contributed by atoms with van der Waals surface area (Å²) in [5.41, 5.74) is 4.67. The van der Waals surface area contributed by atoms with Crippen molar-refractivity contribution < 1.29 is 4.79 Å². The number of rotatable bonds is 5. The molecule has 0 spiro atoms. The van der Waals surface area contributed by atoms with E-state index in [0.717, 1.165) is 42.6 Å². The van der Waals surface area contributed by atoms with Gasteiger partial charge in [0, 0.05) is 5.69 Å². The number of nitrogens with one attached hydrogen (secondary N) is 1. The van der Waals surface area contributed by atoms with Gasteiger partial charge >= 0.3 is 0 Å². The first-order valence-electron chi connectivity index (χ1n) is 8.69. The molecule has 0 saturated heterocycles. The van der Waals surface area contributed by atoms with E-state index < -0.39 is 0 Å². The molecule has 1 amide bonds. The predicted molar refractivity (Wildman–Crippen MR) is 119 cm³/mol. The molecule has 8 heteroatoms. The molecule has 3 aromatic heterocycles. The third-order valence-electron chi connectivity index (χ3n) is 4.23. The molecule has 0 unspecified atom stereocenters. The van der Waals surface area contributed by atoms with E-state index in [0.29, 0.717) is 5.03 Å². The lowest BCUT2D eigenvalue weighted by Crippen LogP contribution is -2.16. The van der Waals surface area contributed by atoms with Crippen LogP contribution in [0.3, 0.4) is 0 Å². The molecular weight excluding hydrogens is 408 g/mol. The highest BCUT2D eigenvalue weighted by atomic mass is 32.2. The van der Waals surface area contributed by atoms with E-state index in [-0.39, 0.29) is 11.7 Å². The summed E-state index contributed by atoms with van der Waals surface area (Å²) in [7, 11) is 0. The highest BCUT2D eigenvalue weighted by Gasteiger charge is 2.17. The number of hydrogen-bond acceptors (Lipinski definition) is 7. The molecule has 0 atom stereocenters. The standard InChI is InChI=1S/C20H18N4OS3/c1-11-6-4-7-12(2)16(11)22-15(25)10-27-20-18-19(28-13(3)21-18)17(23-24-20)14-8-5-9-26-14/h4-9H,10H2,1-3H3,(H,22,25). The molecule has 0 fully saturated rings. The normalized spacial score (nSPS) is 11.1. The Morgan fingerprint density at radius 1 is 1.11 bits per heavy atom. The Hall–Kier alpha value is -2.29. The van der Waals surface area contributed by atoms with Crippen molar-refractivity contribution in [1.82, 2.24) is 15.2 Å². The molecule has 4 rings (SSSR count). The molecule has 1 N–H and O–H groups in total. The van der Waals surface area contributed by atoms with E-state index in [4.69, 9.17) is 0 Å². The van der Waals surface area contributed by atoms with Crippen LogP contribution in [-0.4, -0.2) is 26.8 Å². The maximum Gasteiger partial charge on any atom is 0.234 e. The van der Waals surface area contributed by atoms with E-state index >= 15 is 0 Å². The zero-order valence-corrected chi connectivity index (χ0v) is 18.1. The fourth-order valence-corrected chi connectivity index (χ4v) is 5.40. The van der Waals surface area contributed by atoms with Gasteiger partial charge in [-0.25, -0.2) is 4.98 Å². The smallest absolute Gasteiger partial charge is 0.234 e. The largest absolute Gasteiger partial charge is 0.325 e. The number of fused-ring (bicyclic) bond motifs is 1. The summed E-state index contributed by atoms with van der Waals surface area (Å²) in [6.45, 7) is 5.96. The first kappa shape index (κ1) is 19.0. The van der Waals surface area contributed by atoms with Gasteiger partial charge in [-0.3, -0.25) is 4.79 Å². The number of benzene rings is 1. The van der Waals surface area contributed by atoms with Crippen LogP contribution in [0.5, 0.6) is 0 Å². The van der Waals surface area contributed by atoms with Crippen LogP contribution in [0.4, 0.5) is 5.69 Å². The Labute approximate surface area is 175 Å². The number of thiazole rings is 1. The Kier molecular flexibility index (Phi) is 5.43. The molecule has 5 nitrogen and oxygen atoms in total. The predicted octanol–water partition coefficient (Wildman–Crippen LogP) is 5.47. The van der Waals surface area contributed by atoms with Crippen LogP contribution in [0, 0.1) is 20.8 Å². The summed E-state index contributed by atoms with van der Waals surface area (Å²) < 4.78 is 1.02. The minimum atomic E-state index is -0.0633. The maximum atomic E-state index is 12.5. The lowest BCUT2D eigenvalue weighted by atomic mass is 10.1. The lowest BCUT2D eigenvalue weighted by molar-refractivity contribution is -0.113. The van der Waals surface area contributed by atoms with Gasteiger partial charge in [0.05, 0.1) is 20.3 Å². The van der Waals surface area contributed by atoms with Crippen molar-refractivity contribution in [2.45, 2.75) is 25.8 Å². The highest BCUT2D eigenvalue weighted by molar-refractivity contribution is 8.00. The highest BCUT2D eigenvalue weighted by Crippen LogP contribution is 2.36. The van der Waals surface area contributed by atoms with Gasteiger partial charge in [-0.1, -0.05) is 36.0 Å². The lowest BCUT2D eigenvalue weighted by Gasteiger charge is -2.11. The number of nitrogens with zero attached hydrogens (tertiary/aromatic N) is 3. The molecule has 3 heterocycles. The number of amides is 1. The number of anilines is 1. The van der Waals surface area contributed by atoms with Gasteiger partial charge in [-0.2, -0.15) is 0 Å². The number of carbonyl (C=O) groups excluding carboxylic acids is 1. The zero-order valence-electron chi connectivity index (χ0n) is 15.6. The second-order valence-electron chi connectivity index (χ2n) is 6.35. The fourth-order valence-electron chi connectivity index (χ4n) is 2.91. The molecule has 0 aliphatic rings. The Bertz CT molecular complexity index is 1130. The molecular formula is C20H18N4OS3. The van der Waals surface area contributed by atoms with Crippen LogP contribution in [0.15, 0.2) is 40.7 Å². The number of aromatic nitrogens is 3. The number of para-hydroxylation sites is 1. The summed E-state index contributed by atoms with van der Waals surface area (Å²) in [5, 5.41) is 15.5. The van der Waals surface area contributed by atoms with Gasteiger partial charge in [0.25, 0.3) is 0 Å². The molecule has 0 aliphatic heterocycles. The quantitative estimate of drug-likeness (QED) is 0.429. The molecule has 28 heavy (non-hydrogen) atoms. The second-order valence-corrected chi connectivity index (χ2v) is 9.46. The van der Waals surface area contributed by atoms with Crippen molar-refractivity contribution in [3.05, 3.63) is 51.8 Å². The fraction of sp³-hybridized carbons (Fsp3) is 0.200. The zero-order chi connectivity index (χ0) is 19.7. The van der Waals surface area contributed by atoms with Crippen LogP contribution in [0.2, 0.25) is 0 Å². The van der Waals surface area contributed by atoms with Crippen LogP contribution < -0.4 is 5.32 Å². The molecule has 0 bridgehead atoms. The van der Waals surface area contributed by atoms with Gasteiger partial charge in [0.15, 0.2) is 0 Å². The SMILES string of the molecule is Cc1nc2c(SCC(=O)Nc3c(C)cccc3C)nnc(-c3cccs3)c2s1. The minimum Gasteiger partial charge on any atom is -0.325 e. The van der Waals surface area contributed by atoms with Crippen LogP contribution in [0.25, 0.3) is 20.8 Å². The van der Waals surface area contributed by atoms with Crippen molar-refractivity contribution in [2.75, 3.05) is 11.1 Å². The minimum absolute atomic E-state index is 0.0633. The van der Waals surface area contributed by atoms with Crippen molar-refractivity contribution >= 4 is 56.2 Å². The first-order chi connectivity index (χ1) is 13.5. The Morgan fingerprint density at radius 3 is 2.61 bits per heavy atom. The van der Waals surface area contributed by atoms with Gasteiger partial charge in [0.1, 0.15) is 16.2 Å². The van der Waals surface area contributed by atoms with E-state index in [2.05, 4.69) is 20.5 Å². The number of thioether (sulfide) groups is 1. The molecule has 1 aromatic carbocycles. The number of carbonyl (C=O) groups is 1. The average molecular weight is 427 g/mol. The first-order valence-corrected chi connectivity index (χ1v) is 11.4. The average Bonchev–Trinajstić information content (AvgIpc) is 3.32.